The molecule has 2 aromatic heterocycles. The van der Waals surface area contributed by atoms with Gasteiger partial charge in [-0.25, -0.2) is 14.4 Å². The lowest BCUT2D eigenvalue weighted by Gasteiger charge is -2.31. The third kappa shape index (κ3) is 7.71. The number of nitrogens with two attached hydrogens (primary N) is 1. The molecule has 0 spiro atoms. The average Bonchev–Trinajstić information content (AvgIpc) is 2.97. The Balaban J connectivity index is 1.83. The SMILES string of the molecule is CCOc1c(CC(N)=O)cc([C@@](O)(CNC(=O)c2cc(OC(F)(F)F)c3nc(C)c(C)cc3c2)C(F)(F)F)nc1-c1ccc(F)c(Cl)c1. The van der Waals surface area contributed by atoms with Crippen LogP contribution in [0.1, 0.15) is 39.8 Å². The molecule has 9 nitrogen and oxygen atoms in total. The van der Waals surface area contributed by atoms with E-state index in [4.69, 9.17) is 22.1 Å². The lowest BCUT2D eigenvalue weighted by atomic mass is 9.93. The van der Waals surface area contributed by atoms with Crippen LogP contribution in [-0.2, 0) is 16.8 Å². The minimum atomic E-state index is -5.55. The Morgan fingerprint density at radius 2 is 1.71 bits per heavy atom. The number of pyridine rings is 2. The Morgan fingerprint density at radius 3 is 2.29 bits per heavy atom. The van der Waals surface area contributed by atoms with E-state index >= 15 is 0 Å². The van der Waals surface area contributed by atoms with Gasteiger partial charge in [-0.05, 0) is 68.8 Å². The van der Waals surface area contributed by atoms with Crippen molar-refractivity contribution in [1.82, 2.24) is 15.3 Å². The second-order valence-electron chi connectivity index (χ2n) is 10.6. The van der Waals surface area contributed by atoms with Gasteiger partial charge in [0.05, 0.1) is 30.3 Å². The van der Waals surface area contributed by atoms with Crippen LogP contribution in [0.25, 0.3) is 22.2 Å². The van der Waals surface area contributed by atoms with Gasteiger partial charge in [-0.2, -0.15) is 13.2 Å². The average molecular weight is 703 g/mol. The van der Waals surface area contributed by atoms with Crippen molar-refractivity contribution < 1.29 is 54.9 Å². The number of aromatic nitrogens is 2. The van der Waals surface area contributed by atoms with E-state index in [-0.39, 0.29) is 40.1 Å². The van der Waals surface area contributed by atoms with E-state index in [1.807, 2.05) is 5.32 Å². The molecule has 0 unspecified atom stereocenters. The molecule has 4 rings (SSSR count). The Kier molecular flexibility index (Phi) is 10.1. The molecule has 2 aromatic carbocycles. The molecule has 0 fully saturated rings. The van der Waals surface area contributed by atoms with Crippen molar-refractivity contribution in [3.8, 4) is 22.8 Å². The Hall–Kier alpha value is -4.70. The molecule has 17 heteroatoms. The van der Waals surface area contributed by atoms with Crippen LogP contribution in [0.15, 0.2) is 42.5 Å². The summed E-state index contributed by atoms with van der Waals surface area (Å²) in [6.07, 6.45) is -11.4. The molecular weight excluding hydrogens is 677 g/mol. The zero-order valence-electron chi connectivity index (χ0n) is 25.2. The number of halogens is 8. The molecule has 0 aliphatic rings. The van der Waals surface area contributed by atoms with E-state index in [0.717, 1.165) is 24.3 Å². The van der Waals surface area contributed by atoms with Gasteiger partial charge in [0.2, 0.25) is 11.5 Å². The van der Waals surface area contributed by atoms with Gasteiger partial charge in [0.25, 0.3) is 5.91 Å². The fraction of sp³-hybridized carbons (Fsp3) is 0.290. The van der Waals surface area contributed by atoms with Crippen LogP contribution in [0, 0.1) is 19.7 Å². The summed E-state index contributed by atoms with van der Waals surface area (Å²) in [6.45, 7) is 3.00. The summed E-state index contributed by atoms with van der Waals surface area (Å²) < 4.78 is 107. The van der Waals surface area contributed by atoms with Crippen molar-refractivity contribution in [2.75, 3.05) is 13.2 Å². The lowest BCUT2D eigenvalue weighted by Crippen LogP contribution is -2.51. The van der Waals surface area contributed by atoms with Crippen LogP contribution >= 0.6 is 11.6 Å². The first-order valence-corrected chi connectivity index (χ1v) is 14.3. The molecule has 0 saturated heterocycles. The molecule has 1 atom stereocenters. The zero-order valence-corrected chi connectivity index (χ0v) is 26.0. The number of ether oxygens (including phenoxy) is 2. The predicted molar refractivity (Wildman–Crippen MR) is 159 cm³/mol. The fourth-order valence-electron chi connectivity index (χ4n) is 4.69. The quantitative estimate of drug-likeness (QED) is 0.167. The first kappa shape index (κ1) is 36.1. The topological polar surface area (TPSA) is 137 Å². The van der Waals surface area contributed by atoms with Crippen LogP contribution in [0.4, 0.5) is 30.7 Å². The minimum Gasteiger partial charge on any atom is -0.491 e. The highest BCUT2D eigenvalue weighted by Gasteiger charge is 2.57. The van der Waals surface area contributed by atoms with E-state index in [0.29, 0.717) is 23.4 Å². The maximum absolute atomic E-state index is 14.7. The number of nitrogens with zero attached hydrogens (tertiary/aromatic N) is 2. The highest BCUT2D eigenvalue weighted by molar-refractivity contribution is 6.31. The minimum absolute atomic E-state index is 0.0166. The van der Waals surface area contributed by atoms with Gasteiger partial charge in [-0.3, -0.25) is 9.59 Å². The zero-order chi connectivity index (χ0) is 35.8. The number of amides is 2. The van der Waals surface area contributed by atoms with Gasteiger partial charge in [-0.15, -0.1) is 13.2 Å². The Morgan fingerprint density at radius 1 is 1.02 bits per heavy atom. The normalized spacial score (nSPS) is 13.2. The number of primary amides is 1. The largest absolute Gasteiger partial charge is 0.573 e. The molecule has 0 aliphatic carbocycles. The number of nitrogens with one attached hydrogen (secondary N) is 1. The number of fused-ring (bicyclic) bond motifs is 1. The third-order valence-corrected chi connectivity index (χ3v) is 7.40. The van der Waals surface area contributed by atoms with Crippen molar-refractivity contribution in [3.63, 3.8) is 0 Å². The summed E-state index contributed by atoms with van der Waals surface area (Å²) in [6, 6.07) is 6.93. The van der Waals surface area contributed by atoms with Crippen LogP contribution in [0.3, 0.4) is 0 Å². The molecule has 2 amide bonds. The standard InChI is InChI=1S/C31H26ClF7N4O5/c1-4-47-27-18(12-24(40)44)11-23(43-26(27)16-5-6-21(33)20(32)9-16)29(46,30(34,35)36)13-41-28(45)19-8-17-7-14(2)15(3)42-25(17)22(10-19)48-31(37,38)39/h5-11,46H,4,12-13H2,1-3H3,(H2,40,44)(H,41,45)/t29-/m0/s1. The van der Waals surface area contributed by atoms with Crippen LogP contribution in [0.2, 0.25) is 5.02 Å². The van der Waals surface area contributed by atoms with Gasteiger partial charge in [0.1, 0.15) is 22.8 Å². The van der Waals surface area contributed by atoms with Crippen LogP contribution in [0.5, 0.6) is 11.5 Å². The highest BCUT2D eigenvalue weighted by atomic mass is 35.5. The summed E-state index contributed by atoms with van der Waals surface area (Å²) in [5.74, 6) is -4.26. The van der Waals surface area contributed by atoms with Crippen molar-refractivity contribution in [2.45, 2.75) is 45.3 Å². The molecule has 4 N–H and O–H groups in total. The molecular formula is C31H26ClF7N4O5. The summed E-state index contributed by atoms with van der Waals surface area (Å²) in [5.41, 5.74) is -0.331. The number of rotatable bonds is 10. The second kappa shape index (κ2) is 13.4. The number of benzene rings is 2. The summed E-state index contributed by atoms with van der Waals surface area (Å²) in [4.78, 5) is 33.1. The third-order valence-electron chi connectivity index (χ3n) is 7.11. The van der Waals surface area contributed by atoms with Crippen LogP contribution in [-0.4, -0.2) is 52.6 Å². The number of carbonyl (C=O) groups is 2. The van der Waals surface area contributed by atoms with Gasteiger partial charge in [0.15, 0.2) is 5.75 Å². The molecule has 256 valence electrons. The van der Waals surface area contributed by atoms with E-state index < -0.39 is 70.8 Å². The molecule has 2 heterocycles. The first-order chi connectivity index (χ1) is 22.2. The fourth-order valence-corrected chi connectivity index (χ4v) is 4.87. The van der Waals surface area contributed by atoms with Gasteiger partial charge in [-0.1, -0.05) is 11.6 Å². The number of carbonyl (C=O) groups excluding carboxylic acids is 2. The highest BCUT2D eigenvalue weighted by Crippen LogP contribution is 2.42. The lowest BCUT2D eigenvalue weighted by molar-refractivity contribution is -0.274. The van der Waals surface area contributed by atoms with Gasteiger partial charge in [0, 0.05) is 27.8 Å². The summed E-state index contributed by atoms with van der Waals surface area (Å²) in [7, 11) is 0. The number of alkyl halides is 6. The van der Waals surface area contributed by atoms with E-state index in [1.165, 1.54) is 19.9 Å². The van der Waals surface area contributed by atoms with E-state index in [2.05, 4.69) is 14.7 Å². The number of hydrogen-bond acceptors (Lipinski definition) is 7. The number of aliphatic hydroxyl groups is 1. The number of aryl methyl sites for hydroxylation is 2. The van der Waals surface area contributed by atoms with E-state index in [9.17, 15) is 45.4 Å². The van der Waals surface area contributed by atoms with Gasteiger partial charge >= 0.3 is 12.5 Å². The van der Waals surface area contributed by atoms with Crippen molar-refractivity contribution >= 4 is 34.3 Å². The summed E-state index contributed by atoms with van der Waals surface area (Å²) in [5, 5.41) is 12.7. The Labute approximate surface area is 272 Å². The van der Waals surface area contributed by atoms with Crippen molar-refractivity contribution in [2.24, 2.45) is 5.73 Å². The summed E-state index contributed by atoms with van der Waals surface area (Å²) >= 11 is 5.89. The molecule has 4 aromatic rings. The van der Waals surface area contributed by atoms with Crippen molar-refractivity contribution in [3.05, 3.63) is 81.4 Å². The maximum Gasteiger partial charge on any atom is 0.573 e. The molecule has 0 saturated carbocycles. The monoisotopic (exact) mass is 702 g/mol. The first-order valence-electron chi connectivity index (χ1n) is 13.9. The maximum atomic E-state index is 14.7. The molecule has 0 aliphatic heterocycles. The smallest absolute Gasteiger partial charge is 0.491 e. The predicted octanol–water partition coefficient (Wildman–Crippen LogP) is 6.21. The molecule has 48 heavy (non-hydrogen) atoms. The van der Waals surface area contributed by atoms with E-state index in [1.54, 1.807) is 6.92 Å². The van der Waals surface area contributed by atoms with Crippen LogP contribution < -0.4 is 20.5 Å². The molecule has 0 bridgehead atoms. The second-order valence-corrected chi connectivity index (χ2v) is 11.0. The molecule has 0 radical (unpaired) electrons. The van der Waals surface area contributed by atoms with Gasteiger partial charge < -0.3 is 25.6 Å². The van der Waals surface area contributed by atoms with Crippen molar-refractivity contribution in [1.29, 1.82) is 0 Å². The Bertz CT molecular complexity index is 1900. The number of hydrogen-bond donors (Lipinski definition) is 3.